The largest absolute Gasteiger partial charge is 0.497 e. The first-order valence-electron chi connectivity index (χ1n) is 8.15. The third-order valence-electron chi connectivity index (χ3n) is 4.01. The van der Waals surface area contributed by atoms with Crippen molar-refractivity contribution in [3.05, 3.63) is 69.1 Å². The van der Waals surface area contributed by atoms with E-state index in [-0.39, 0.29) is 22.7 Å². The molecule has 1 aromatic carbocycles. The van der Waals surface area contributed by atoms with Crippen LogP contribution >= 0.6 is 27.3 Å². The fraction of sp³-hybridized carbons (Fsp3) is 0.111. The van der Waals surface area contributed by atoms with Crippen LogP contribution in [-0.2, 0) is 16.6 Å². The maximum absolute atomic E-state index is 13.5. The van der Waals surface area contributed by atoms with Crippen molar-refractivity contribution >= 4 is 48.9 Å². The van der Waals surface area contributed by atoms with Crippen LogP contribution in [0.5, 0.6) is 5.75 Å². The Labute approximate surface area is 179 Å². The van der Waals surface area contributed by atoms with Crippen LogP contribution in [0.15, 0.2) is 62.9 Å². The highest BCUT2D eigenvalue weighted by Crippen LogP contribution is 2.40. The molecule has 11 heteroatoms. The maximum Gasteiger partial charge on any atom is 0.277 e. The second kappa shape index (κ2) is 8.91. The Kier molecular flexibility index (Phi) is 6.52. The molecule has 0 unspecified atom stereocenters. The first kappa shape index (κ1) is 21.2. The fourth-order valence-electron chi connectivity index (χ4n) is 2.60. The third kappa shape index (κ3) is 4.42. The molecule has 0 saturated carbocycles. The van der Waals surface area contributed by atoms with Crippen molar-refractivity contribution in [3.8, 4) is 5.75 Å². The highest BCUT2D eigenvalue weighted by molar-refractivity contribution is 9.11. The lowest BCUT2D eigenvalue weighted by molar-refractivity contribution is 0.0707. The van der Waals surface area contributed by atoms with Crippen LogP contribution in [0.4, 0.5) is 5.69 Å². The lowest BCUT2D eigenvalue weighted by Gasteiger charge is -2.25. The van der Waals surface area contributed by atoms with E-state index in [1.807, 2.05) is 0 Å². The Hall–Kier alpha value is -2.47. The van der Waals surface area contributed by atoms with Crippen molar-refractivity contribution in [1.29, 1.82) is 0 Å². The summed E-state index contributed by atoms with van der Waals surface area (Å²) in [5.41, 5.74) is 2.32. The van der Waals surface area contributed by atoms with E-state index in [1.54, 1.807) is 42.1 Å². The topological polar surface area (TPSA) is 109 Å². The number of carbonyl (C=O) groups is 1. The van der Waals surface area contributed by atoms with Gasteiger partial charge in [0.25, 0.3) is 15.9 Å². The second-order valence-electron chi connectivity index (χ2n) is 5.76. The summed E-state index contributed by atoms with van der Waals surface area (Å²) < 4.78 is 33.6. The van der Waals surface area contributed by atoms with Gasteiger partial charge in [0.05, 0.1) is 33.6 Å². The standard InChI is InChI=1S/C18H16BrN3O5S2/c1-27-13-4-6-14(7-5-13)29(25,26)22(10-12-3-2-8-20-9-12)16-15(18(23)21-24)11-28-17(16)19/h2-9,11,24H,10H2,1H3,(H,21,23). The summed E-state index contributed by atoms with van der Waals surface area (Å²) in [4.78, 5) is 16.2. The number of hydrogen-bond acceptors (Lipinski definition) is 7. The van der Waals surface area contributed by atoms with Gasteiger partial charge in [0.15, 0.2) is 0 Å². The Morgan fingerprint density at radius 1 is 1.31 bits per heavy atom. The number of ether oxygens (including phenoxy) is 1. The lowest BCUT2D eigenvalue weighted by Crippen LogP contribution is -2.32. The van der Waals surface area contributed by atoms with Crippen LogP contribution in [0.1, 0.15) is 15.9 Å². The van der Waals surface area contributed by atoms with Gasteiger partial charge in [0.1, 0.15) is 5.75 Å². The van der Waals surface area contributed by atoms with E-state index in [2.05, 4.69) is 20.9 Å². The molecule has 152 valence electrons. The highest BCUT2D eigenvalue weighted by Gasteiger charge is 2.31. The van der Waals surface area contributed by atoms with Crippen molar-refractivity contribution in [1.82, 2.24) is 10.5 Å². The molecule has 0 saturated heterocycles. The first-order chi connectivity index (χ1) is 13.9. The molecule has 29 heavy (non-hydrogen) atoms. The van der Waals surface area contributed by atoms with Gasteiger partial charge in [0, 0.05) is 17.8 Å². The predicted molar refractivity (Wildman–Crippen MR) is 112 cm³/mol. The molecule has 0 radical (unpaired) electrons. The molecule has 2 heterocycles. The van der Waals surface area contributed by atoms with Crippen molar-refractivity contribution in [3.63, 3.8) is 0 Å². The quantitative estimate of drug-likeness (QED) is 0.382. The van der Waals surface area contributed by atoms with Crippen LogP contribution < -0.4 is 14.5 Å². The highest BCUT2D eigenvalue weighted by atomic mass is 79.9. The van der Waals surface area contributed by atoms with Gasteiger partial charge in [-0.15, -0.1) is 11.3 Å². The minimum absolute atomic E-state index is 0.0188. The van der Waals surface area contributed by atoms with Gasteiger partial charge in [-0.25, -0.2) is 13.9 Å². The number of benzene rings is 1. The van der Waals surface area contributed by atoms with Gasteiger partial charge >= 0.3 is 0 Å². The van der Waals surface area contributed by atoms with Crippen molar-refractivity contribution < 1.29 is 23.2 Å². The number of aromatic nitrogens is 1. The van der Waals surface area contributed by atoms with Gasteiger partial charge in [-0.05, 0) is 51.8 Å². The molecule has 2 aromatic heterocycles. The number of thiophene rings is 1. The SMILES string of the molecule is COc1ccc(S(=O)(=O)N(Cc2cccnc2)c2c(C(=O)NO)csc2Br)cc1. The van der Waals surface area contributed by atoms with E-state index < -0.39 is 15.9 Å². The van der Waals surface area contributed by atoms with E-state index in [4.69, 9.17) is 9.94 Å². The van der Waals surface area contributed by atoms with E-state index in [1.165, 1.54) is 24.6 Å². The minimum Gasteiger partial charge on any atom is -0.497 e. The minimum atomic E-state index is -4.07. The number of methoxy groups -OCH3 is 1. The van der Waals surface area contributed by atoms with Gasteiger partial charge in [0.2, 0.25) is 0 Å². The molecule has 0 aliphatic rings. The summed E-state index contributed by atoms with van der Waals surface area (Å²) in [6.07, 6.45) is 3.12. The van der Waals surface area contributed by atoms with Crippen LogP contribution in [-0.4, -0.2) is 31.6 Å². The average Bonchev–Trinajstić information content (AvgIpc) is 3.13. The maximum atomic E-state index is 13.5. The van der Waals surface area contributed by atoms with Crippen molar-refractivity contribution in [2.45, 2.75) is 11.4 Å². The van der Waals surface area contributed by atoms with E-state index >= 15 is 0 Å². The Balaban J connectivity index is 2.16. The number of nitrogens with one attached hydrogen (secondary N) is 1. The molecule has 0 spiro atoms. The zero-order valence-electron chi connectivity index (χ0n) is 15.1. The molecule has 0 bridgehead atoms. The predicted octanol–water partition coefficient (Wildman–Crippen LogP) is 3.43. The summed E-state index contributed by atoms with van der Waals surface area (Å²) in [6.45, 7) is -0.0662. The average molecular weight is 498 g/mol. The number of pyridine rings is 1. The van der Waals surface area contributed by atoms with Gasteiger partial charge in [-0.1, -0.05) is 6.07 Å². The normalized spacial score (nSPS) is 11.1. The second-order valence-corrected chi connectivity index (χ2v) is 9.82. The molecule has 0 aliphatic carbocycles. The van der Waals surface area contributed by atoms with Crippen LogP contribution in [0, 0.1) is 0 Å². The fourth-order valence-corrected chi connectivity index (χ4v) is 5.74. The summed E-state index contributed by atoms with van der Waals surface area (Å²) in [5.74, 6) is -0.303. The van der Waals surface area contributed by atoms with E-state index in [0.29, 0.717) is 15.1 Å². The Morgan fingerprint density at radius 2 is 2.03 bits per heavy atom. The van der Waals surface area contributed by atoms with Gasteiger partial charge in [-0.3, -0.25) is 19.3 Å². The molecule has 1 amide bonds. The summed E-state index contributed by atoms with van der Waals surface area (Å²) in [6, 6.07) is 9.36. The molecule has 8 nitrogen and oxygen atoms in total. The molecule has 2 N–H and O–H groups in total. The van der Waals surface area contributed by atoms with E-state index in [0.717, 1.165) is 15.6 Å². The van der Waals surface area contributed by atoms with Crippen molar-refractivity contribution in [2.24, 2.45) is 0 Å². The number of hydrogen-bond donors (Lipinski definition) is 2. The number of amides is 1. The Morgan fingerprint density at radius 3 is 2.62 bits per heavy atom. The number of anilines is 1. The first-order valence-corrected chi connectivity index (χ1v) is 11.3. The summed E-state index contributed by atoms with van der Waals surface area (Å²) in [7, 11) is -2.58. The number of hydroxylamine groups is 1. The molecule has 3 rings (SSSR count). The molecule has 0 fully saturated rings. The zero-order valence-corrected chi connectivity index (χ0v) is 18.3. The molecule has 0 aliphatic heterocycles. The number of halogens is 1. The Bertz CT molecular complexity index is 1100. The third-order valence-corrected chi connectivity index (χ3v) is 7.46. The monoisotopic (exact) mass is 497 g/mol. The van der Waals surface area contributed by atoms with Gasteiger partial charge < -0.3 is 4.74 Å². The molecule has 0 atom stereocenters. The number of carbonyl (C=O) groups excluding carboxylic acids is 1. The lowest BCUT2D eigenvalue weighted by atomic mass is 10.2. The molecular weight excluding hydrogens is 482 g/mol. The number of sulfonamides is 1. The number of nitrogens with zero attached hydrogens (tertiary/aromatic N) is 2. The van der Waals surface area contributed by atoms with Gasteiger partial charge in [-0.2, -0.15) is 0 Å². The summed E-state index contributed by atoms with van der Waals surface area (Å²) >= 11 is 4.47. The summed E-state index contributed by atoms with van der Waals surface area (Å²) in [5, 5.41) is 10.5. The van der Waals surface area contributed by atoms with Crippen LogP contribution in [0.3, 0.4) is 0 Å². The smallest absolute Gasteiger partial charge is 0.277 e. The van der Waals surface area contributed by atoms with Crippen molar-refractivity contribution in [2.75, 3.05) is 11.4 Å². The molecule has 3 aromatic rings. The zero-order chi connectivity index (χ0) is 21.0. The molecular formula is C18H16BrN3O5S2. The van der Waals surface area contributed by atoms with Crippen LogP contribution in [0.2, 0.25) is 0 Å². The number of rotatable bonds is 7. The van der Waals surface area contributed by atoms with Crippen LogP contribution in [0.25, 0.3) is 0 Å². The van der Waals surface area contributed by atoms with E-state index in [9.17, 15) is 13.2 Å².